The number of amides is 3. The Balaban J connectivity index is 1.32. The molecule has 254 valence electrons. The average Bonchev–Trinajstić information content (AvgIpc) is 3.53. The summed E-state index contributed by atoms with van der Waals surface area (Å²) in [4.78, 5) is 53.5. The van der Waals surface area contributed by atoms with Gasteiger partial charge < -0.3 is 20.7 Å². The SMILES string of the molecule is COC(=O)c1c(-c2ccc(C)cc2)csc1NC(=O)C(C)Sc1cccc(NC(=O)/C(=C\c2c(Cl)cccc2Cl)NC(=O)c2ccccc2)c1. The maximum absolute atomic E-state index is 13.6. The second kappa shape index (κ2) is 16.7. The van der Waals surface area contributed by atoms with Crippen LogP contribution in [-0.2, 0) is 14.3 Å². The zero-order chi connectivity index (χ0) is 35.8. The van der Waals surface area contributed by atoms with Gasteiger partial charge in [-0.25, -0.2) is 4.79 Å². The van der Waals surface area contributed by atoms with Gasteiger partial charge in [-0.15, -0.1) is 23.1 Å². The van der Waals surface area contributed by atoms with E-state index >= 15 is 0 Å². The van der Waals surface area contributed by atoms with Crippen LogP contribution in [0.4, 0.5) is 10.7 Å². The lowest BCUT2D eigenvalue weighted by Crippen LogP contribution is -2.30. The molecule has 0 aliphatic heterocycles. The summed E-state index contributed by atoms with van der Waals surface area (Å²) in [5, 5.41) is 10.6. The highest BCUT2D eigenvalue weighted by molar-refractivity contribution is 8.00. The molecule has 0 saturated carbocycles. The lowest BCUT2D eigenvalue weighted by molar-refractivity contribution is -0.115. The molecule has 1 atom stereocenters. The lowest BCUT2D eigenvalue weighted by atomic mass is 10.0. The van der Waals surface area contributed by atoms with Crippen LogP contribution in [0.25, 0.3) is 17.2 Å². The van der Waals surface area contributed by atoms with Gasteiger partial charge in [-0.1, -0.05) is 83.4 Å². The average molecular weight is 745 g/mol. The Morgan fingerprint density at radius 2 is 1.54 bits per heavy atom. The van der Waals surface area contributed by atoms with Gasteiger partial charge in [-0.2, -0.15) is 0 Å². The molecule has 12 heteroatoms. The van der Waals surface area contributed by atoms with E-state index in [2.05, 4.69) is 16.0 Å². The molecule has 0 fully saturated rings. The summed E-state index contributed by atoms with van der Waals surface area (Å²) in [6.45, 7) is 3.72. The van der Waals surface area contributed by atoms with Crippen LogP contribution in [0, 0.1) is 6.92 Å². The van der Waals surface area contributed by atoms with Crippen LogP contribution in [0.2, 0.25) is 10.0 Å². The molecule has 8 nitrogen and oxygen atoms in total. The zero-order valence-corrected chi connectivity index (χ0v) is 30.2. The maximum Gasteiger partial charge on any atom is 0.341 e. The van der Waals surface area contributed by atoms with Crippen LogP contribution in [0.15, 0.2) is 113 Å². The molecule has 0 radical (unpaired) electrons. The minimum atomic E-state index is -0.615. The third-order valence-corrected chi connectivity index (χ3v) is 10.0. The fourth-order valence-electron chi connectivity index (χ4n) is 4.75. The fourth-order valence-corrected chi connectivity index (χ4v) is 7.15. The smallest absolute Gasteiger partial charge is 0.341 e. The highest BCUT2D eigenvalue weighted by atomic mass is 35.5. The van der Waals surface area contributed by atoms with Gasteiger partial charge in [0.05, 0.1) is 12.4 Å². The molecule has 50 heavy (non-hydrogen) atoms. The Morgan fingerprint density at radius 3 is 2.22 bits per heavy atom. The highest BCUT2D eigenvalue weighted by Gasteiger charge is 2.25. The number of hydrogen-bond acceptors (Lipinski definition) is 7. The molecule has 0 aliphatic rings. The van der Waals surface area contributed by atoms with Gasteiger partial charge in [-0.05, 0) is 68.0 Å². The van der Waals surface area contributed by atoms with E-state index in [1.165, 1.54) is 36.3 Å². The number of halogens is 2. The summed E-state index contributed by atoms with van der Waals surface area (Å²) < 4.78 is 5.05. The van der Waals surface area contributed by atoms with Crippen molar-refractivity contribution in [3.63, 3.8) is 0 Å². The van der Waals surface area contributed by atoms with E-state index in [9.17, 15) is 19.2 Å². The molecule has 0 bridgehead atoms. The van der Waals surface area contributed by atoms with Crippen molar-refractivity contribution in [3.8, 4) is 11.1 Å². The molecule has 1 heterocycles. The minimum Gasteiger partial charge on any atom is -0.465 e. The third-order valence-electron chi connectivity index (χ3n) is 7.37. The third kappa shape index (κ3) is 9.02. The van der Waals surface area contributed by atoms with Crippen LogP contribution in [0.5, 0.6) is 0 Å². The number of thiophene rings is 1. The topological polar surface area (TPSA) is 114 Å². The highest BCUT2D eigenvalue weighted by Crippen LogP contribution is 2.37. The quantitative estimate of drug-likeness (QED) is 0.0706. The number of anilines is 2. The van der Waals surface area contributed by atoms with Crippen LogP contribution in [0.3, 0.4) is 0 Å². The number of nitrogens with one attached hydrogen (secondary N) is 3. The molecule has 1 aromatic heterocycles. The number of ether oxygens (including phenoxy) is 1. The number of esters is 1. The van der Waals surface area contributed by atoms with Gasteiger partial charge in [0.1, 0.15) is 16.3 Å². The molecule has 0 spiro atoms. The second-order valence-corrected chi connectivity index (χ2v) is 14.1. The van der Waals surface area contributed by atoms with Crippen molar-refractivity contribution in [2.45, 2.75) is 24.0 Å². The van der Waals surface area contributed by atoms with Crippen LogP contribution in [-0.4, -0.2) is 36.1 Å². The van der Waals surface area contributed by atoms with Crippen molar-refractivity contribution in [3.05, 3.63) is 140 Å². The van der Waals surface area contributed by atoms with Crippen molar-refractivity contribution in [2.75, 3.05) is 17.7 Å². The van der Waals surface area contributed by atoms with Crippen molar-refractivity contribution in [1.29, 1.82) is 0 Å². The first-order valence-corrected chi connectivity index (χ1v) is 17.7. The minimum absolute atomic E-state index is 0.0815. The van der Waals surface area contributed by atoms with E-state index in [0.29, 0.717) is 42.3 Å². The molecular formula is C38H31Cl2N3O5S2. The molecule has 4 aromatic carbocycles. The van der Waals surface area contributed by atoms with Crippen molar-refractivity contribution < 1.29 is 23.9 Å². The molecular weight excluding hydrogens is 713 g/mol. The van der Waals surface area contributed by atoms with Gasteiger partial charge >= 0.3 is 5.97 Å². The molecule has 0 saturated heterocycles. The molecule has 1 unspecified atom stereocenters. The van der Waals surface area contributed by atoms with Crippen molar-refractivity contribution in [1.82, 2.24) is 5.32 Å². The summed E-state index contributed by atoms with van der Waals surface area (Å²) in [5.41, 5.74) is 3.94. The Morgan fingerprint density at radius 1 is 0.860 bits per heavy atom. The number of rotatable bonds is 11. The number of thioether (sulfide) groups is 1. The second-order valence-electron chi connectivity index (χ2n) is 11.0. The Kier molecular flexibility index (Phi) is 12.2. The van der Waals surface area contributed by atoms with Crippen LogP contribution < -0.4 is 16.0 Å². The molecule has 0 aliphatic carbocycles. The van der Waals surface area contributed by atoms with Crippen molar-refractivity contribution >= 4 is 86.8 Å². The summed E-state index contributed by atoms with van der Waals surface area (Å²) in [7, 11) is 1.30. The predicted octanol–water partition coefficient (Wildman–Crippen LogP) is 9.35. The van der Waals surface area contributed by atoms with E-state index in [-0.39, 0.29) is 17.2 Å². The van der Waals surface area contributed by atoms with E-state index < -0.39 is 23.0 Å². The van der Waals surface area contributed by atoms with E-state index in [1.807, 2.05) is 42.6 Å². The van der Waals surface area contributed by atoms with Crippen molar-refractivity contribution in [2.24, 2.45) is 0 Å². The predicted molar refractivity (Wildman–Crippen MR) is 203 cm³/mol. The van der Waals surface area contributed by atoms with E-state index in [4.69, 9.17) is 27.9 Å². The van der Waals surface area contributed by atoms with E-state index in [1.54, 1.807) is 73.7 Å². The standard InChI is InChI=1S/C38H31Cl2N3O5S2/c1-22-15-17-24(18-16-22)29-21-49-37(33(29)38(47)48-3)43-34(44)23(2)50-27-12-7-11-26(19-27)41-36(46)32(20-28-30(39)13-8-14-31(28)40)42-35(45)25-9-5-4-6-10-25/h4-21,23H,1-3H3,(H,41,46)(H,42,45)(H,43,44)/b32-20+. The van der Waals surface area contributed by atoms with E-state index in [0.717, 1.165) is 11.1 Å². The number of carbonyl (C=O) groups excluding carboxylic acids is 4. The van der Waals surface area contributed by atoms with Gasteiger partial charge in [0.25, 0.3) is 11.8 Å². The number of carbonyl (C=O) groups is 4. The number of aryl methyl sites for hydroxylation is 1. The van der Waals surface area contributed by atoms with Gasteiger partial charge in [0.2, 0.25) is 5.91 Å². The number of hydrogen-bond donors (Lipinski definition) is 3. The summed E-state index contributed by atoms with van der Waals surface area (Å²) in [6.07, 6.45) is 1.42. The monoisotopic (exact) mass is 743 g/mol. The molecule has 3 amide bonds. The molecule has 5 aromatic rings. The fraction of sp³-hybridized carbons (Fsp3) is 0.105. The zero-order valence-electron chi connectivity index (χ0n) is 27.1. The first-order valence-electron chi connectivity index (χ1n) is 15.2. The molecule has 5 rings (SSSR count). The molecule has 3 N–H and O–H groups in total. The summed E-state index contributed by atoms with van der Waals surface area (Å²) >= 11 is 15.3. The maximum atomic E-state index is 13.6. The largest absolute Gasteiger partial charge is 0.465 e. The number of methoxy groups -OCH3 is 1. The van der Waals surface area contributed by atoms with Gasteiger partial charge in [0.15, 0.2) is 0 Å². The Hall–Kier alpha value is -4.87. The lowest BCUT2D eigenvalue weighted by Gasteiger charge is -2.14. The van der Waals surface area contributed by atoms with Gasteiger partial charge in [0, 0.05) is 42.7 Å². The Bertz CT molecular complexity index is 2060. The normalized spacial score (nSPS) is 11.7. The first kappa shape index (κ1) is 36.4. The van der Waals surface area contributed by atoms with Gasteiger partial charge in [-0.3, -0.25) is 14.4 Å². The summed E-state index contributed by atoms with van der Waals surface area (Å²) in [6, 6.07) is 28.1. The summed E-state index contributed by atoms with van der Waals surface area (Å²) in [5.74, 6) is -1.98. The number of benzene rings is 4. The van der Waals surface area contributed by atoms with Crippen LogP contribution in [0.1, 0.15) is 38.8 Å². The first-order chi connectivity index (χ1) is 24.0. The Labute approximate surface area is 307 Å². The van der Waals surface area contributed by atoms with Crippen LogP contribution >= 0.6 is 46.3 Å².